The summed E-state index contributed by atoms with van der Waals surface area (Å²) in [7, 11) is 0. The summed E-state index contributed by atoms with van der Waals surface area (Å²) in [5.74, 6) is 0.307. The van der Waals surface area contributed by atoms with Crippen LogP contribution in [0, 0.1) is 13.8 Å². The van der Waals surface area contributed by atoms with Gasteiger partial charge in [0.05, 0.1) is 0 Å². The molecule has 0 heterocycles. The molecule has 1 heteroatoms. The quantitative estimate of drug-likeness (QED) is 0.333. The molecule has 0 aromatic heterocycles. The molecule has 0 amide bonds. The molecule has 30 heavy (non-hydrogen) atoms. The monoisotopic (exact) mass is 397 g/mol. The average Bonchev–Trinajstić information content (AvgIpc) is 2.97. The fourth-order valence-corrected chi connectivity index (χ4v) is 5.70. The molecule has 0 fully saturated rings. The molecule has 0 N–H and O–H groups in total. The molecule has 0 saturated carbocycles. The first-order valence-corrected chi connectivity index (χ1v) is 11.1. The highest BCUT2D eigenvalue weighted by molar-refractivity contribution is 5.81. The van der Waals surface area contributed by atoms with E-state index in [1.807, 2.05) is 0 Å². The zero-order valence-electron chi connectivity index (χ0n) is 19.8. The fourth-order valence-electron chi connectivity index (χ4n) is 5.70. The zero-order chi connectivity index (χ0) is 21.8. The van der Waals surface area contributed by atoms with Crippen molar-refractivity contribution in [1.82, 2.24) is 0 Å². The van der Waals surface area contributed by atoms with Gasteiger partial charge in [-0.25, -0.2) is 0 Å². The van der Waals surface area contributed by atoms with Crippen molar-refractivity contribution in [2.45, 2.75) is 72.4 Å². The number of fused-ring (bicyclic) bond motifs is 3. The lowest BCUT2D eigenvalue weighted by Gasteiger charge is -2.49. The molecule has 0 saturated heterocycles. The Bertz CT molecular complexity index is 1010. The zero-order valence-corrected chi connectivity index (χ0v) is 19.8. The molecule has 1 aliphatic carbocycles. The van der Waals surface area contributed by atoms with E-state index in [0.29, 0.717) is 5.92 Å². The van der Waals surface area contributed by atoms with E-state index < -0.39 is 0 Å². The molecule has 0 radical (unpaired) electrons. The first-order valence-electron chi connectivity index (χ1n) is 11.1. The topological polar surface area (TPSA) is 3.24 Å². The molecule has 0 aliphatic heterocycles. The van der Waals surface area contributed by atoms with Crippen molar-refractivity contribution in [2.24, 2.45) is 0 Å². The molecule has 3 aromatic carbocycles. The van der Waals surface area contributed by atoms with Gasteiger partial charge in [0.15, 0.2) is 0 Å². The van der Waals surface area contributed by atoms with Crippen molar-refractivity contribution in [3.05, 3.63) is 88.5 Å². The van der Waals surface area contributed by atoms with Crippen LogP contribution in [0.1, 0.15) is 75.3 Å². The highest BCUT2D eigenvalue weighted by Gasteiger charge is 2.35. The number of aryl methyl sites for hydroxylation is 2. The number of anilines is 1. The van der Waals surface area contributed by atoms with Crippen molar-refractivity contribution in [2.75, 3.05) is 4.90 Å². The smallest absolute Gasteiger partial charge is 0.0434 e. The van der Waals surface area contributed by atoms with Gasteiger partial charge in [-0.05, 0) is 94.3 Å². The van der Waals surface area contributed by atoms with Crippen molar-refractivity contribution < 1.29 is 0 Å². The first-order chi connectivity index (χ1) is 14.0. The van der Waals surface area contributed by atoms with Crippen LogP contribution < -0.4 is 4.90 Å². The van der Waals surface area contributed by atoms with Gasteiger partial charge in [-0.1, -0.05) is 60.7 Å². The predicted molar refractivity (Wildman–Crippen MR) is 131 cm³/mol. The van der Waals surface area contributed by atoms with E-state index in [0.717, 1.165) is 0 Å². The van der Waals surface area contributed by atoms with Gasteiger partial charge in [0, 0.05) is 22.7 Å². The van der Waals surface area contributed by atoms with Crippen LogP contribution in [0.5, 0.6) is 0 Å². The fraction of sp³-hybridized carbons (Fsp3) is 0.379. The van der Waals surface area contributed by atoms with Gasteiger partial charge in [0.1, 0.15) is 0 Å². The summed E-state index contributed by atoms with van der Waals surface area (Å²) in [4.78, 5) is 2.59. The minimum absolute atomic E-state index is 0.0435. The Balaban J connectivity index is 1.90. The second-order valence-corrected chi connectivity index (χ2v) is 10.8. The third-order valence-corrected chi connectivity index (χ3v) is 6.25. The minimum atomic E-state index is 0.0435. The van der Waals surface area contributed by atoms with Gasteiger partial charge >= 0.3 is 0 Å². The summed E-state index contributed by atoms with van der Waals surface area (Å²) < 4.78 is 0. The van der Waals surface area contributed by atoms with Crippen LogP contribution in [-0.2, 0) is 0 Å². The number of rotatable bonds is 2. The second-order valence-electron chi connectivity index (χ2n) is 10.8. The molecule has 1 aliphatic rings. The van der Waals surface area contributed by atoms with Crippen molar-refractivity contribution >= 4 is 5.69 Å². The maximum absolute atomic E-state index is 2.59. The maximum Gasteiger partial charge on any atom is 0.0434 e. The van der Waals surface area contributed by atoms with Crippen molar-refractivity contribution in [1.29, 1.82) is 0 Å². The lowest BCUT2D eigenvalue weighted by Crippen LogP contribution is -2.53. The first kappa shape index (κ1) is 20.7. The summed E-state index contributed by atoms with van der Waals surface area (Å²) in [5, 5.41) is 0. The Kier molecular flexibility index (Phi) is 4.84. The maximum atomic E-state index is 2.59. The van der Waals surface area contributed by atoms with E-state index in [9.17, 15) is 0 Å². The van der Waals surface area contributed by atoms with Gasteiger partial charge in [-0.2, -0.15) is 0 Å². The van der Waals surface area contributed by atoms with Gasteiger partial charge in [-0.3, -0.25) is 0 Å². The Labute approximate surface area is 182 Å². The molecule has 1 nitrogen and oxygen atoms in total. The largest absolute Gasteiger partial charge is 0.361 e. The molecular formula is C29H35N. The Morgan fingerprint density at radius 2 is 1.03 bits per heavy atom. The highest BCUT2D eigenvalue weighted by atomic mass is 15.2. The minimum Gasteiger partial charge on any atom is -0.361 e. The summed E-state index contributed by atoms with van der Waals surface area (Å²) in [6.45, 7) is 18.4. The predicted octanol–water partition coefficient (Wildman–Crippen LogP) is 7.87. The number of nitrogens with zero attached hydrogens (tertiary/aromatic N) is 1. The van der Waals surface area contributed by atoms with Gasteiger partial charge < -0.3 is 4.90 Å². The van der Waals surface area contributed by atoms with E-state index in [1.165, 1.54) is 44.6 Å². The number of benzene rings is 3. The lowest BCUT2D eigenvalue weighted by molar-refractivity contribution is 0.379. The third-order valence-electron chi connectivity index (χ3n) is 6.25. The molecule has 0 atom stereocenters. The molecule has 156 valence electrons. The van der Waals surface area contributed by atoms with Gasteiger partial charge in [-0.15, -0.1) is 0 Å². The van der Waals surface area contributed by atoms with Gasteiger partial charge in [0.25, 0.3) is 0 Å². The third kappa shape index (κ3) is 3.35. The lowest BCUT2D eigenvalue weighted by atomic mass is 9.85. The Morgan fingerprint density at radius 3 is 1.43 bits per heavy atom. The van der Waals surface area contributed by atoms with Crippen molar-refractivity contribution in [3.63, 3.8) is 0 Å². The summed E-state index contributed by atoms with van der Waals surface area (Å²) in [6, 6.07) is 22.6. The van der Waals surface area contributed by atoms with E-state index in [2.05, 4.69) is 121 Å². The van der Waals surface area contributed by atoms with Crippen LogP contribution in [-0.4, -0.2) is 11.1 Å². The van der Waals surface area contributed by atoms with Crippen LogP contribution >= 0.6 is 0 Å². The molecule has 0 bridgehead atoms. The van der Waals surface area contributed by atoms with E-state index >= 15 is 0 Å². The molecule has 0 spiro atoms. The number of hydrogen-bond acceptors (Lipinski definition) is 1. The van der Waals surface area contributed by atoms with E-state index in [4.69, 9.17) is 0 Å². The second kappa shape index (κ2) is 7.01. The van der Waals surface area contributed by atoms with Crippen molar-refractivity contribution in [3.8, 4) is 11.1 Å². The standard InChI is InChI=1S/C29H35N/c1-19-17-21(18-20(2)27(19)30(28(3,4)5)29(6,7)8)26-24-15-11-9-13-22(24)23-14-10-12-16-25(23)26/h9-18,26H,1-8H3. The van der Waals surface area contributed by atoms with Crippen LogP contribution in [0.4, 0.5) is 5.69 Å². The van der Waals surface area contributed by atoms with E-state index in [-0.39, 0.29) is 11.1 Å². The molecule has 0 unspecified atom stereocenters. The summed E-state index contributed by atoms with van der Waals surface area (Å²) in [6.07, 6.45) is 0. The van der Waals surface area contributed by atoms with Crippen LogP contribution in [0.3, 0.4) is 0 Å². The summed E-state index contributed by atoms with van der Waals surface area (Å²) in [5.41, 5.74) is 11.2. The highest BCUT2D eigenvalue weighted by Crippen LogP contribution is 2.49. The average molecular weight is 398 g/mol. The van der Waals surface area contributed by atoms with Crippen LogP contribution in [0.2, 0.25) is 0 Å². The van der Waals surface area contributed by atoms with Gasteiger partial charge in [0.2, 0.25) is 0 Å². The van der Waals surface area contributed by atoms with E-state index in [1.54, 1.807) is 0 Å². The molecule has 3 aromatic rings. The SMILES string of the molecule is Cc1cc(C2c3ccccc3-c3ccccc32)cc(C)c1N(C(C)(C)C)C(C)(C)C. The van der Waals surface area contributed by atoms with Crippen LogP contribution in [0.25, 0.3) is 11.1 Å². The van der Waals surface area contributed by atoms with Crippen LogP contribution in [0.15, 0.2) is 60.7 Å². The molecule has 4 rings (SSSR count). The Morgan fingerprint density at radius 1 is 0.633 bits per heavy atom. The molecular weight excluding hydrogens is 362 g/mol. The number of hydrogen-bond donors (Lipinski definition) is 0. The normalized spacial score (nSPS) is 13.9. The summed E-state index contributed by atoms with van der Waals surface area (Å²) >= 11 is 0. The Hall–Kier alpha value is -2.54.